The molecule has 0 rings (SSSR count). The number of hydrogen-bond donors (Lipinski definition) is 3. The fourth-order valence-electron chi connectivity index (χ4n) is 0.410. The number of nitrogens with two attached hydrogens (primary N) is 1. The molecule has 0 fully saturated rings. The Labute approximate surface area is 115 Å². The minimum atomic E-state index is -4.48. The van der Waals surface area contributed by atoms with Crippen molar-refractivity contribution >= 4 is 27.0 Å². The van der Waals surface area contributed by atoms with E-state index in [2.05, 4.69) is 0 Å². The Balaban J connectivity index is -0.000000605. The largest absolute Gasteiger partial charge is 1.00 e. The van der Waals surface area contributed by atoms with Crippen LogP contribution in [-0.4, -0.2) is 40.9 Å². The molecule has 0 amide bonds. The number of hydrogen-bond acceptors (Lipinski definition) is 6. The minimum absolute atomic E-state index is 0. The second kappa shape index (κ2) is 9.22. The van der Waals surface area contributed by atoms with Crippen molar-refractivity contribution in [1.82, 2.24) is 0 Å². The summed E-state index contributed by atoms with van der Waals surface area (Å²) in [7, 11) is -4.48. The van der Waals surface area contributed by atoms with Gasteiger partial charge in [0, 0.05) is 5.75 Å². The van der Waals surface area contributed by atoms with Crippen LogP contribution in [0.5, 0.6) is 0 Å². The first kappa shape index (κ1) is 20.4. The Morgan fingerprint density at radius 2 is 2.07 bits per heavy atom. The fraction of sp³-hybridized carbons (Fsp3) is 0.750. The third-order valence-corrected chi connectivity index (χ3v) is 3.26. The van der Waals surface area contributed by atoms with Gasteiger partial charge >= 0.3 is 29.6 Å². The molecule has 0 aromatic carbocycles. The SMILES string of the molecule is N=C(N)SCC(CO)S(=O)(=O)[O-].[Cl-].[Na+]. The maximum atomic E-state index is 10.3. The van der Waals surface area contributed by atoms with Gasteiger partial charge in [0.2, 0.25) is 0 Å². The molecule has 4 N–H and O–H groups in total. The standard InChI is InChI=1S/C4H10N2O4S2.ClH.Na/c5-4(6)11-2-3(1-7)12(8,9)10;;/h3,7H,1-2H2,(H3,5,6)(H,8,9,10);1H;/q;;+1/p-2. The van der Waals surface area contributed by atoms with Gasteiger partial charge in [0.05, 0.1) is 11.9 Å². The zero-order chi connectivity index (χ0) is 9.78. The van der Waals surface area contributed by atoms with Gasteiger partial charge in [0.25, 0.3) is 0 Å². The van der Waals surface area contributed by atoms with E-state index in [0.29, 0.717) is 11.8 Å². The average Bonchev–Trinajstić information content (AvgIpc) is 1.85. The smallest absolute Gasteiger partial charge is 1.00 e. The van der Waals surface area contributed by atoms with Gasteiger partial charge < -0.3 is 27.8 Å². The van der Waals surface area contributed by atoms with Crippen molar-refractivity contribution in [2.24, 2.45) is 5.73 Å². The molecule has 0 heterocycles. The molecule has 10 heteroatoms. The molecule has 14 heavy (non-hydrogen) atoms. The van der Waals surface area contributed by atoms with Gasteiger partial charge in [-0.3, -0.25) is 5.41 Å². The summed E-state index contributed by atoms with van der Waals surface area (Å²) in [6, 6.07) is 0. The van der Waals surface area contributed by atoms with Crippen LogP contribution >= 0.6 is 11.8 Å². The van der Waals surface area contributed by atoms with Gasteiger partial charge in [0.1, 0.15) is 10.1 Å². The van der Waals surface area contributed by atoms with E-state index in [1.807, 2.05) is 0 Å². The number of aliphatic hydroxyl groups is 1. The molecule has 0 aromatic heterocycles. The van der Waals surface area contributed by atoms with Crippen LogP contribution in [0.15, 0.2) is 0 Å². The molecule has 0 saturated carbocycles. The van der Waals surface area contributed by atoms with Crippen LogP contribution in [0.2, 0.25) is 0 Å². The summed E-state index contributed by atoms with van der Waals surface area (Å²) >= 11 is 0.713. The van der Waals surface area contributed by atoms with E-state index in [1.165, 1.54) is 0 Å². The quantitative estimate of drug-likeness (QED) is 0.202. The van der Waals surface area contributed by atoms with Gasteiger partial charge in [-0.05, 0) is 0 Å². The number of halogens is 1. The zero-order valence-corrected chi connectivity index (χ0v) is 11.8. The van der Waals surface area contributed by atoms with E-state index < -0.39 is 22.0 Å². The molecule has 0 aromatic rings. The Kier molecular flexibility index (Phi) is 13.4. The summed E-state index contributed by atoms with van der Waals surface area (Å²) < 4.78 is 31.0. The first-order valence-corrected chi connectivity index (χ1v) is 5.36. The molecule has 0 radical (unpaired) electrons. The van der Waals surface area contributed by atoms with Gasteiger partial charge in [-0.2, -0.15) is 0 Å². The number of aliphatic hydroxyl groups excluding tert-OH is 1. The van der Waals surface area contributed by atoms with E-state index in [0.717, 1.165) is 0 Å². The molecule has 0 spiro atoms. The maximum absolute atomic E-state index is 10.3. The number of rotatable bonds is 4. The van der Waals surface area contributed by atoms with E-state index >= 15 is 0 Å². The third kappa shape index (κ3) is 9.53. The number of amidine groups is 1. The Morgan fingerprint density at radius 3 is 2.29 bits per heavy atom. The van der Waals surface area contributed by atoms with Crippen LogP contribution in [0, 0.1) is 5.41 Å². The Morgan fingerprint density at radius 1 is 1.64 bits per heavy atom. The molecule has 0 bridgehead atoms. The van der Waals surface area contributed by atoms with Crippen LogP contribution in [0.3, 0.4) is 0 Å². The topological polar surface area (TPSA) is 127 Å². The van der Waals surface area contributed by atoms with Crippen LogP contribution in [-0.2, 0) is 10.1 Å². The summed E-state index contributed by atoms with van der Waals surface area (Å²) in [5, 5.41) is 13.5. The molecule has 80 valence electrons. The van der Waals surface area contributed by atoms with Crippen LogP contribution in [0.25, 0.3) is 0 Å². The predicted octanol–water partition coefficient (Wildman–Crippen LogP) is -7.47. The molecule has 1 atom stereocenters. The normalized spacial score (nSPS) is 12.1. The molecule has 0 aliphatic rings. The van der Waals surface area contributed by atoms with E-state index in [9.17, 15) is 13.0 Å². The van der Waals surface area contributed by atoms with E-state index in [-0.39, 0.29) is 52.9 Å². The molecular formula is C4H9ClN2NaO4S2-. The van der Waals surface area contributed by atoms with Crippen molar-refractivity contribution in [3.8, 4) is 0 Å². The number of thioether (sulfide) groups is 1. The van der Waals surface area contributed by atoms with Crippen molar-refractivity contribution in [3.05, 3.63) is 0 Å². The molecule has 0 saturated heterocycles. The first-order valence-electron chi connectivity index (χ1n) is 2.90. The van der Waals surface area contributed by atoms with E-state index in [4.69, 9.17) is 16.2 Å². The van der Waals surface area contributed by atoms with Crippen molar-refractivity contribution in [2.75, 3.05) is 12.4 Å². The van der Waals surface area contributed by atoms with Crippen molar-refractivity contribution in [1.29, 1.82) is 5.41 Å². The van der Waals surface area contributed by atoms with Gasteiger partial charge in [-0.1, -0.05) is 11.8 Å². The first-order chi connectivity index (χ1) is 5.38. The van der Waals surface area contributed by atoms with Crippen molar-refractivity contribution in [3.63, 3.8) is 0 Å². The van der Waals surface area contributed by atoms with Crippen LogP contribution in [0.4, 0.5) is 0 Å². The monoisotopic (exact) mass is 271 g/mol. The van der Waals surface area contributed by atoms with Crippen molar-refractivity contribution < 1.29 is 60.0 Å². The predicted molar refractivity (Wildman–Crippen MR) is 44.9 cm³/mol. The maximum Gasteiger partial charge on any atom is 1.00 e. The summed E-state index contributed by atoms with van der Waals surface area (Å²) in [5.74, 6) is -0.183. The molecule has 0 aliphatic heterocycles. The summed E-state index contributed by atoms with van der Waals surface area (Å²) in [5.41, 5.74) is 4.91. The molecule has 0 aliphatic carbocycles. The third-order valence-electron chi connectivity index (χ3n) is 1.04. The zero-order valence-electron chi connectivity index (χ0n) is 7.44. The van der Waals surface area contributed by atoms with Crippen LogP contribution in [0.1, 0.15) is 0 Å². The Hall–Kier alpha value is 0.980. The van der Waals surface area contributed by atoms with Gasteiger partial charge in [-0.25, -0.2) is 8.42 Å². The summed E-state index contributed by atoms with van der Waals surface area (Å²) in [6.45, 7) is -0.744. The average molecular weight is 272 g/mol. The molecule has 6 nitrogen and oxygen atoms in total. The molecular weight excluding hydrogens is 263 g/mol. The van der Waals surface area contributed by atoms with E-state index in [1.54, 1.807) is 0 Å². The number of nitrogens with one attached hydrogen (secondary N) is 1. The summed E-state index contributed by atoms with van der Waals surface area (Å²) in [6.07, 6.45) is 0. The summed E-state index contributed by atoms with van der Waals surface area (Å²) in [4.78, 5) is 0. The van der Waals surface area contributed by atoms with Gasteiger partial charge in [-0.15, -0.1) is 0 Å². The van der Waals surface area contributed by atoms with Crippen LogP contribution < -0.4 is 47.7 Å². The van der Waals surface area contributed by atoms with Gasteiger partial charge in [0.15, 0.2) is 5.17 Å². The second-order valence-electron chi connectivity index (χ2n) is 1.97. The molecule has 1 unspecified atom stereocenters. The fourth-order valence-corrected chi connectivity index (χ4v) is 1.93. The van der Waals surface area contributed by atoms with Crippen molar-refractivity contribution in [2.45, 2.75) is 5.25 Å². The second-order valence-corrected chi connectivity index (χ2v) is 4.69. The Bertz CT molecular complexity index is 260. The minimum Gasteiger partial charge on any atom is -1.00 e.